The number of hydrogen-bond donors (Lipinski definition) is 1. The Morgan fingerprint density at radius 2 is 1.94 bits per heavy atom. The molecule has 16 heavy (non-hydrogen) atoms. The molecule has 0 atom stereocenters. The molecule has 0 spiro atoms. The molecule has 0 radical (unpaired) electrons. The van der Waals surface area contributed by atoms with E-state index in [1.165, 1.54) is 0 Å². The molecule has 0 fully saturated rings. The SMILES string of the molecule is CC(C)c1nnc(CCCNC(C)(C)C)o1. The first-order chi connectivity index (χ1) is 7.38. The van der Waals surface area contributed by atoms with Gasteiger partial charge in [0.2, 0.25) is 11.8 Å². The van der Waals surface area contributed by atoms with E-state index < -0.39 is 0 Å². The van der Waals surface area contributed by atoms with Gasteiger partial charge in [-0.3, -0.25) is 0 Å². The highest BCUT2D eigenvalue weighted by molar-refractivity contribution is 4.87. The van der Waals surface area contributed by atoms with Crippen LogP contribution >= 0.6 is 0 Å². The van der Waals surface area contributed by atoms with Crippen LogP contribution in [0.15, 0.2) is 4.42 Å². The highest BCUT2D eigenvalue weighted by Crippen LogP contribution is 2.12. The van der Waals surface area contributed by atoms with E-state index in [1.54, 1.807) is 0 Å². The number of rotatable bonds is 5. The van der Waals surface area contributed by atoms with Crippen LogP contribution in [0.25, 0.3) is 0 Å². The maximum Gasteiger partial charge on any atom is 0.219 e. The fraction of sp³-hybridized carbons (Fsp3) is 0.833. The van der Waals surface area contributed by atoms with Crippen LogP contribution in [0.2, 0.25) is 0 Å². The Bertz CT molecular complexity index is 312. The van der Waals surface area contributed by atoms with Crippen molar-refractivity contribution in [3.05, 3.63) is 11.8 Å². The number of nitrogens with one attached hydrogen (secondary N) is 1. The molecule has 1 aromatic rings. The highest BCUT2D eigenvalue weighted by atomic mass is 16.4. The molecule has 0 aromatic carbocycles. The predicted molar refractivity (Wildman–Crippen MR) is 64.5 cm³/mol. The second-order valence-corrected chi connectivity index (χ2v) is 5.47. The van der Waals surface area contributed by atoms with Gasteiger partial charge in [-0.25, -0.2) is 0 Å². The van der Waals surface area contributed by atoms with Crippen LogP contribution in [0.1, 0.15) is 58.7 Å². The lowest BCUT2D eigenvalue weighted by Gasteiger charge is -2.19. The molecule has 0 bridgehead atoms. The van der Waals surface area contributed by atoms with E-state index in [0.29, 0.717) is 5.92 Å². The Labute approximate surface area is 97.8 Å². The van der Waals surface area contributed by atoms with E-state index >= 15 is 0 Å². The summed E-state index contributed by atoms with van der Waals surface area (Å²) in [7, 11) is 0. The minimum atomic E-state index is 0.179. The van der Waals surface area contributed by atoms with Crippen molar-refractivity contribution < 1.29 is 4.42 Å². The maximum absolute atomic E-state index is 5.53. The van der Waals surface area contributed by atoms with Gasteiger partial charge in [-0.1, -0.05) is 13.8 Å². The molecule has 92 valence electrons. The van der Waals surface area contributed by atoms with Gasteiger partial charge in [-0.15, -0.1) is 10.2 Å². The minimum Gasteiger partial charge on any atom is -0.425 e. The van der Waals surface area contributed by atoms with Gasteiger partial charge in [0.1, 0.15) is 0 Å². The van der Waals surface area contributed by atoms with Crippen molar-refractivity contribution in [3.8, 4) is 0 Å². The zero-order valence-electron chi connectivity index (χ0n) is 11.0. The van der Waals surface area contributed by atoms with Crippen molar-refractivity contribution in [2.75, 3.05) is 6.54 Å². The van der Waals surface area contributed by atoms with Gasteiger partial charge in [-0.2, -0.15) is 0 Å². The van der Waals surface area contributed by atoms with Crippen molar-refractivity contribution in [3.63, 3.8) is 0 Å². The normalized spacial score (nSPS) is 12.4. The lowest BCUT2D eigenvalue weighted by molar-refractivity contribution is 0.400. The second-order valence-electron chi connectivity index (χ2n) is 5.47. The van der Waals surface area contributed by atoms with E-state index in [4.69, 9.17) is 4.42 Å². The van der Waals surface area contributed by atoms with E-state index in [9.17, 15) is 0 Å². The van der Waals surface area contributed by atoms with Crippen molar-refractivity contribution in [1.29, 1.82) is 0 Å². The molecular formula is C12H23N3O. The minimum absolute atomic E-state index is 0.179. The Morgan fingerprint density at radius 1 is 1.25 bits per heavy atom. The van der Waals surface area contributed by atoms with Crippen molar-refractivity contribution >= 4 is 0 Å². The topological polar surface area (TPSA) is 51.0 Å². The number of nitrogens with zero attached hydrogens (tertiary/aromatic N) is 2. The molecule has 1 rings (SSSR count). The summed E-state index contributed by atoms with van der Waals surface area (Å²) in [6.07, 6.45) is 1.87. The first kappa shape index (κ1) is 13.2. The molecule has 0 aliphatic heterocycles. The van der Waals surface area contributed by atoms with Gasteiger partial charge in [0.15, 0.2) is 0 Å². The van der Waals surface area contributed by atoms with Crippen LogP contribution in [-0.2, 0) is 6.42 Å². The Hall–Kier alpha value is -0.900. The maximum atomic E-state index is 5.53. The Balaban J connectivity index is 2.27. The number of aryl methyl sites for hydroxylation is 1. The summed E-state index contributed by atoms with van der Waals surface area (Å²) >= 11 is 0. The van der Waals surface area contributed by atoms with E-state index in [2.05, 4.69) is 50.1 Å². The van der Waals surface area contributed by atoms with Crippen LogP contribution in [0, 0.1) is 0 Å². The lowest BCUT2D eigenvalue weighted by Crippen LogP contribution is -2.36. The molecule has 1 aromatic heterocycles. The average molecular weight is 225 g/mol. The summed E-state index contributed by atoms with van der Waals surface area (Å²) in [5, 5.41) is 11.5. The fourth-order valence-electron chi connectivity index (χ4n) is 1.30. The second kappa shape index (κ2) is 5.43. The van der Waals surface area contributed by atoms with Crippen molar-refractivity contribution in [2.45, 2.75) is 58.9 Å². The average Bonchev–Trinajstić information content (AvgIpc) is 2.59. The van der Waals surface area contributed by atoms with Crippen LogP contribution in [-0.4, -0.2) is 22.3 Å². The summed E-state index contributed by atoms with van der Waals surface area (Å²) in [6.45, 7) is 11.6. The third-order valence-electron chi connectivity index (χ3n) is 2.20. The molecule has 0 amide bonds. The molecule has 4 heteroatoms. The smallest absolute Gasteiger partial charge is 0.219 e. The third kappa shape index (κ3) is 4.75. The van der Waals surface area contributed by atoms with Crippen molar-refractivity contribution in [2.24, 2.45) is 0 Å². The zero-order valence-corrected chi connectivity index (χ0v) is 11.0. The van der Waals surface area contributed by atoms with Gasteiger partial charge >= 0.3 is 0 Å². The van der Waals surface area contributed by atoms with E-state index in [0.717, 1.165) is 31.2 Å². The molecule has 0 saturated carbocycles. The zero-order chi connectivity index (χ0) is 12.2. The molecule has 4 nitrogen and oxygen atoms in total. The van der Waals surface area contributed by atoms with Crippen LogP contribution < -0.4 is 5.32 Å². The number of hydrogen-bond acceptors (Lipinski definition) is 4. The highest BCUT2D eigenvalue weighted by Gasteiger charge is 2.10. The number of aromatic nitrogens is 2. The van der Waals surface area contributed by atoms with Gasteiger partial charge in [0.05, 0.1) is 0 Å². The van der Waals surface area contributed by atoms with Crippen LogP contribution in [0.4, 0.5) is 0 Å². The van der Waals surface area contributed by atoms with Gasteiger partial charge < -0.3 is 9.73 Å². The molecule has 0 saturated heterocycles. The Morgan fingerprint density at radius 3 is 2.44 bits per heavy atom. The molecule has 1 N–H and O–H groups in total. The summed E-state index contributed by atoms with van der Waals surface area (Å²) in [5.74, 6) is 1.80. The van der Waals surface area contributed by atoms with Gasteiger partial charge in [0, 0.05) is 17.9 Å². The lowest BCUT2D eigenvalue weighted by atomic mass is 10.1. The van der Waals surface area contributed by atoms with Crippen molar-refractivity contribution in [1.82, 2.24) is 15.5 Å². The molecule has 0 aliphatic carbocycles. The predicted octanol–water partition coefficient (Wildman–Crippen LogP) is 2.51. The summed E-state index contributed by atoms with van der Waals surface area (Å²) in [5.41, 5.74) is 0.179. The third-order valence-corrected chi connectivity index (χ3v) is 2.20. The first-order valence-electron chi connectivity index (χ1n) is 5.96. The van der Waals surface area contributed by atoms with Crippen LogP contribution in [0.3, 0.4) is 0 Å². The summed E-state index contributed by atoms with van der Waals surface area (Å²) < 4.78 is 5.53. The van der Waals surface area contributed by atoms with Gasteiger partial charge in [-0.05, 0) is 33.7 Å². The first-order valence-corrected chi connectivity index (χ1v) is 5.96. The Kier molecular flexibility index (Phi) is 4.47. The van der Waals surface area contributed by atoms with E-state index in [1.807, 2.05) is 0 Å². The molecular weight excluding hydrogens is 202 g/mol. The van der Waals surface area contributed by atoms with Gasteiger partial charge in [0.25, 0.3) is 0 Å². The molecule has 0 unspecified atom stereocenters. The fourth-order valence-corrected chi connectivity index (χ4v) is 1.30. The summed E-state index contributed by atoms with van der Waals surface area (Å²) in [6, 6.07) is 0. The quantitative estimate of drug-likeness (QED) is 0.782. The van der Waals surface area contributed by atoms with Crippen LogP contribution in [0.5, 0.6) is 0 Å². The summed E-state index contributed by atoms with van der Waals surface area (Å²) in [4.78, 5) is 0. The molecule has 0 aliphatic rings. The molecule has 1 heterocycles. The standard InChI is InChI=1S/C12H23N3O/c1-9(2)11-15-14-10(16-11)7-6-8-13-12(3,4)5/h9,13H,6-8H2,1-5H3. The largest absolute Gasteiger partial charge is 0.425 e. The van der Waals surface area contributed by atoms with E-state index in [-0.39, 0.29) is 5.54 Å². The monoisotopic (exact) mass is 225 g/mol.